The predicted molar refractivity (Wildman–Crippen MR) is 89.4 cm³/mol. The number of likely N-dealkylation sites (N-methyl/N-ethyl adjacent to an activating group) is 1. The van der Waals surface area contributed by atoms with Gasteiger partial charge in [-0.15, -0.1) is 0 Å². The van der Waals surface area contributed by atoms with E-state index < -0.39 is 0 Å². The second-order valence-corrected chi connectivity index (χ2v) is 8.79. The van der Waals surface area contributed by atoms with Gasteiger partial charge in [0.15, 0.2) is 0 Å². The van der Waals surface area contributed by atoms with E-state index in [0.717, 1.165) is 6.54 Å². The Bertz CT molecular complexity index is 361. The fourth-order valence-electron chi connectivity index (χ4n) is 5.17. The molecule has 2 aliphatic carbocycles. The normalized spacial score (nSPS) is 32.6. The average Bonchev–Trinajstić information content (AvgIpc) is 2.92. The van der Waals surface area contributed by atoms with Crippen molar-refractivity contribution in [2.45, 2.75) is 76.3 Å². The molecule has 0 bridgehead atoms. The highest BCUT2D eigenvalue weighted by Crippen LogP contribution is 2.52. The fourth-order valence-corrected chi connectivity index (χ4v) is 5.17. The molecule has 2 saturated carbocycles. The van der Waals surface area contributed by atoms with E-state index in [9.17, 15) is 0 Å². The van der Waals surface area contributed by atoms with Crippen LogP contribution in [0.2, 0.25) is 0 Å². The van der Waals surface area contributed by atoms with Crippen LogP contribution >= 0.6 is 0 Å². The van der Waals surface area contributed by atoms with E-state index in [-0.39, 0.29) is 5.54 Å². The molecule has 2 N–H and O–H groups in total. The molecule has 0 aromatic heterocycles. The molecule has 3 heteroatoms. The van der Waals surface area contributed by atoms with Crippen LogP contribution in [-0.2, 0) is 0 Å². The highest BCUT2D eigenvalue weighted by molar-refractivity contribution is 5.04. The Morgan fingerprint density at radius 1 is 0.905 bits per heavy atom. The van der Waals surface area contributed by atoms with Gasteiger partial charge in [0.25, 0.3) is 0 Å². The van der Waals surface area contributed by atoms with Crippen molar-refractivity contribution in [2.75, 3.05) is 33.2 Å². The monoisotopic (exact) mass is 293 g/mol. The van der Waals surface area contributed by atoms with E-state index in [1.165, 1.54) is 71.0 Å². The number of piperazine rings is 1. The molecule has 0 amide bonds. The predicted octanol–water partition coefficient (Wildman–Crippen LogP) is 2.84. The highest BCUT2D eigenvalue weighted by atomic mass is 15.3. The molecule has 1 heterocycles. The Labute approximate surface area is 131 Å². The first-order valence-corrected chi connectivity index (χ1v) is 9.08. The van der Waals surface area contributed by atoms with Crippen LogP contribution in [0.5, 0.6) is 0 Å². The van der Waals surface area contributed by atoms with Gasteiger partial charge in [-0.2, -0.15) is 0 Å². The first kappa shape index (κ1) is 15.8. The van der Waals surface area contributed by atoms with Crippen LogP contribution in [0.3, 0.4) is 0 Å². The molecule has 0 unspecified atom stereocenters. The van der Waals surface area contributed by atoms with E-state index in [1.54, 1.807) is 0 Å². The van der Waals surface area contributed by atoms with Gasteiger partial charge in [-0.1, -0.05) is 12.8 Å². The van der Waals surface area contributed by atoms with Gasteiger partial charge in [0.1, 0.15) is 0 Å². The van der Waals surface area contributed by atoms with Crippen LogP contribution in [0.1, 0.15) is 65.2 Å². The standard InChI is InChI=1S/C18H35N3/c1-16(2)15-21(13-12-20(16)3)18(14-19)10-8-17(9-11-18)6-4-5-7-17/h4-15,19H2,1-3H3. The molecule has 3 rings (SSSR count). The second-order valence-electron chi connectivity index (χ2n) is 8.79. The van der Waals surface area contributed by atoms with Crippen molar-refractivity contribution in [1.29, 1.82) is 0 Å². The largest absolute Gasteiger partial charge is 0.329 e. The zero-order valence-electron chi connectivity index (χ0n) is 14.5. The van der Waals surface area contributed by atoms with E-state index in [1.807, 2.05) is 0 Å². The minimum Gasteiger partial charge on any atom is -0.329 e. The molecule has 3 fully saturated rings. The molecular formula is C18H35N3. The van der Waals surface area contributed by atoms with Crippen LogP contribution in [0.4, 0.5) is 0 Å². The third kappa shape index (κ3) is 2.77. The van der Waals surface area contributed by atoms with E-state index in [2.05, 4.69) is 30.7 Å². The van der Waals surface area contributed by atoms with Crippen LogP contribution in [0.25, 0.3) is 0 Å². The van der Waals surface area contributed by atoms with Crippen LogP contribution in [0, 0.1) is 5.41 Å². The third-order valence-electron chi connectivity index (χ3n) is 7.27. The summed E-state index contributed by atoms with van der Waals surface area (Å²) >= 11 is 0. The number of hydrogen-bond donors (Lipinski definition) is 1. The topological polar surface area (TPSA) is 32.5 Å². The second kappa shape index (κ2) is 5.50. The summed E-state index contributed by atoms with van der Waals surface area (Å²) in [5, 5.41) is 0. The quantitative estimate of drug-likeness (QED) is 0.850. The summed E-state index contributed by atoms with van der Waals surface area (Å²) in [6, 6.07) is 0. The van der Waals surface area contributed by atoms with Crippen molar-refractivity contribution in [3.63, 3.8) is 0 Å². The lowest BCUT2D eigenvalue weighted by Gasteiger charge is -2.56. The minimum absolute atomic E-state index is 0.281. The molecule has 1 saturated heterocycles. The molecule has 0 aromatic rings. The summed E-state index contributed by atoms with van der Waals surface area (Å²) < 4.78 is 0. The maximum atomic E-state index is 6.32. The van der Waals surface area contributed by atoms with Gasteiger partial charge in [-0.25, -0.2) is 0 Å². The molecule has 1 spiro atoms. The van der Waals surface area contributed by atoms with E-state index in [4.69, 9.17) is 5.73 Å². The van der Waals surface area contributed by atoms with E-state index >= 15 is 0 Å². The lowest BCUT2D eigenvalue weighted by molar-refractivity contribution is -0.0524. The van der Waals surface area contributed by atoms with Gasteiger partial charge in [0.05, 0.1) is 0 Å². The van der Waals surface area contributed by atoms with Crippen molar-refractivity contribution < 1.29 is 0 Å². The van der Waals surface area contributed by atoms with Crippen LogP contribution in [0.15, 0.2) is 0 Å². The molecule has 21 heavy (non-hydrogen) atoms. The maximum absolute atomic E-state index is 6.32. The summed E-state index contributed by atoms with van der Waals surface area (Å²) in [5.74, 6) is 0. The molecule has 122 valence electrons. The zero-order valence-corrected chi connectivity index (χ0v) is 14.5. The van der Waals surface area contributed by atoms with Crippen molar-refractivity contribution in [3.05, 3.63) is 0 Å². The molecular weight excluding hydrogens is 258 g/mol. The summed E-state index contributed by atoms with van der Waals surface area (Å²) in [4.78, 5) is 5.27. The number of nitrogens with two attached hydrogens (primary N) is 1. The summed E-state index contributed by atoms with van der Waals surface area (Å²) in [6.07, 6.45) is 11.4. The van der Waals surface area contributed by atoms with E-state index in [0.29, 0.717) is 11.0 Å². The number of hydrogen-bond acceptors (Lipinski definition) is 3. The summed E-state index contributed by atoms with van der Waals surface area (Å²) in [5.41, 5.74) is 7.61. The first-order valence-electron chi connectivity index (χ1n) is 9.08. The van der Waals surface area contributed by atoms with Crippen molar-refractivity contribution in [3.8, 4) is 0 Å². The van der Waals surface area contributed by atoms with Gasteiger partial charge in [-0.3, -0.25) is 9.80 Å². The molecule has 3 nitrogen and oxygen atoms in total. The Kier molecular flexibility index (Phi) is 4.13. The van der Waals surface area contributed by atoms with Gasteiger partial charge < -0.3 is 5.73 Å². The number of nitrogens with zero attached hydrogens (tertiary/aromatic N) is 2. The van der Waals surface area contributed by atoms with Crippen LogP contribution < -0.4 is 5.73 Å². The Balaban J connectivity index is 1.70. The Hall–Kier alpha value is -0.120. The summed E-state index contributed by atoms with van der Waals surface area (Å²) in [6.45, 7) is 9.16. The van der Waals surface area contributed by atoms with Crippen LogP contribution in [-0.4, -0.2) is 54.1 Å². The molecule has 0 radical (unpaired) electrons. The highest BCUT2D eigenvalue weighted by Gasteiger charge is 2.48. The molecule has 3 aliphatic rings. The first-order chi connectivity index (χ1) is 9.91. The molecule has 0 atom stereocenters. The summed E-state index contributed by atoms with van der Waals surface area (Å²) in [7, 11) is 2.26. The van der Waals surface area contributed by atoms with Crippen molar-refractivity contribution in [1.82, 2.24) is 9.80 Å². The van der Waals surface area contributed by atoms with Crippen molar-refractivity contribution >= 4 is 0 Å². The lowest BCUT2D eigenvalue weighted by atomic mass is 9.65. The molecule has 1 aliphatic heterocycles. The Morgan fingerprint density at radius 2 is 1.52 bits per heavy atom. The molecule has 0 aromatic carbocycles. The lowest BCUT2D eigenvalue weighted by Crippen LogP contribution is -2.66. The van der Waals surface area contributed by atoms with Gasteiger partial charge in [0, 0.05) is 37.3 Å². The SMILES string of the molecule is CN1CCN(C2(CN)CCC3(CCCC3)CC2)CC1(C)C. The smallest absolute Gasteiger partial charge is 0.0333 e. The van der Waals surface area contributed by atoms with Crippen molar-refractivity contribution in [2.24, 2.45) is 11.1 Å². The van der Waals surface area contributed by atoms with Gasteiger partial charge in [-0.05, 0) is 64.8 Å². The third-order valence-corrected chi connectivity index (χ3v) is 7.27. The fraction of sp³-hybridized carbons (Fsp3) is 1.00. The average molecular weight is 293 g/mol. The maximum Gasteiger partial charge on any atom is 0.0333 e. The van der Waals surface area contributed by atoms with Gasteiger partial charge in [0.2, 0.25) is 0 Å². The minimum atomic E-state index is 0.281. The zero-order chi connectivity index (χ0) is 15.1. The number of rotatable bonds is 2. The van der Waals surface area contributed by atoms with Gasteiger partial charge >= 0.3 is 0 Å². The Morgan fingerprint density at radius 3 is 2.05 bits per heavy atom.